The average Bonchev–Trinajstić information content (AvgIpc) is 3.65. The second-order valence-electron chi connectivity index (χ2n) is 9.31. The normalized spacial score (nSPS) is 15.6. The van der Waals surface area contributed by atoms with Crippen molar-refractivity contribution in [2.24, 2.45) is 0 Å². The number of benzene rings is 2. The maximum absolute atomic E-state index is 13.2. The molecule has 0 radical (unpaired) electrons. The van der Waals surface area contributed by atoms with E-state index in [9.17, 15) is 18.3 Å². The van der Waals surface area contributed by atoms with Gasteiger partial charge in [-0.2, -0.15) is 4.98 Å². The predicted octanol–water partition coefficient (Wildman–Crippen LogP) is 5.93. The zero-order chi connectivity index (χ0) is 26.6. The number of sulfone groups is 1. The lowest BCUT2D eigenvalue weighted by Crippen LogP contribution is -2.08. The van der Waals surface area contributed by atoms with E-state index in [1.807, 2.05) is 19.1 Å². The number of carboxylic acids is 1. The molecular formula is C27H21ClN2O7S. The number of ether oxygens (including phenoxy) is 2. The van der Waals surface area contributed by atoms with Crippen molar-refractivity contribution in [3.8, 4) is 28.6 Å². The molecule has 1 aliphatic heterocycles. The van der Waals surface area contributed by atoms with E-state index in [1.165, 1.54) is 30.3 Å². The first-order valence-electron chi connectivity index (χ1n) is 11.9. The molecule has 1 N–H and O–H groups in total. The van der Waals surface area contributed by atoms with Crippen LogP contribution < -0.4 is 9.47 Å². The number of carboxylic acid groups (broad SMARTS) is 1. The molecule has 1 fully saturated rings. The van der Waals surface area contributed by atoms with Crippen LogP contribution in [0.2, 0.25) is 5.02 Å². The zero-order valence-corrected chi connectivity index (χ0v) is 21.7. The molecule has 9 nitrogen and oxygen atoms in total. The molecule has 11 heteroatoms. The number of pyridine rings is 1. The number of aromatic carboxylic acids is 1. The minimum absolute atomic E-state index is 0.00494. The highest BCUT2D eigenvalue weighted by molar-refractivity contribution is 7.90. The molecule has 1 aliphatic carbocycles. The van der Waals surface area contributed by atoms with Crippen LogP contribution in [0.15, 0.2) is 58.1 Å². The van der Waals surface area contributed by atoms with E-state index in [0.717, 1.165) is 35.3 Å². The van der Waals surface area contributed by atoms with Gasteiger partial charge in [-0.3, -0.25) is 0 Å². The minimum atomic E-state index is -3.91. The molecule has 2 aliphatic rings. The van der Waals surface area contributed by atoms with E-state index in [1.54, 1.807) is 6.07 Å². The van der Waals surface area contributed by atoms with Crippen LogP contribution in [0.4, 0.5) is 0 Å². The number of nitrogens with zero attached hydrogens (tertiary/aromatic N) is 2. The van der Waals surface area contributed by atoms with E-state index in [0.29, 0.717) is 16.3 Å². The number of aromatic nitrogens is 2. The first kappa shape index (κ1) is 24.4. The largest absolute Gasteiger partial charge is 0.478 e. The van der Waals surface area contributed by atoms with Gasteiger partial charge in [0.25, 0.3) is 0 Å². The van der Waals surface area contributed by atoms with Gasteiger partial charge in [0.15, 0.2) is 5.75 Å². The van der Waals surface area contributed by atoms with Crippen LogP contribution in [0.5, 0.6) is 17.4 Å². The summed E-state index contributed by atoms with van der Waals surface area (Å²) in [6.07, 6.45) is 1.97. The van der Waals surface area contributed by atoms with Crippen molar-refractivity contribution in [2.75, 3.05) is 0 Å². The number of carbonyl (C=O) groups is 1. The van der Waals surface area contributed by atoms with E-state index < -0.39 is 15.8 Å². The standard InChI is InChI=1S/C27H21ClN2O7S/c1-14-3-2-4-19(28)23(14)24-18(25(37-30-24)15-5-6-15)12-35-22-10-9-20-26(29-22)38(33,34)13-17-8-7-16(27(31)32)11-21(17)36-20/h2-4,7-11,15H,5-6,12-13H2,1H3,(H,31,32). The van der Waals surface area contributed by atoms with Gasteiger partial charge in [-0.05, 0) is 49.6 Å². The molecule has 1 saturated carbocycles. The maximum atomic E-state index is 13.2. The molecule has 194 valence electrons. The number of hydrogen-bond acceptors (Lipinski definition) is 8. The molecular weight excluding hydrogens is 532 g/mol. The molecule has 4 aromatic rings. The lowest BCUT2D eigenvalue weighted by molar-refractivity contribution is 0.0696. The third-order valence-electron chi connectivity index (χ3n) is 6.56. The van der Waals surface area contributed by atoms with Crippen molar-refractivity contribution in [2.45, 2.75) is 43.1 Å². The van der Waals surface area contributed by atoms with E-state index in [2.05, 4.69) is 10.1 Å². The minimum Gasteiger partial charge on any atom is -0.478 e. The zero-order valence-electron chi connectivity index (χ0n) is 20.1. The summed E-state index contributed by atoms with van der Waals surface area (Å²) in [5.41, 5.74) is 3.36. The topological polar surface area (TPSA) is 129 Å². The van der Waals surface area contributed by atoms with Crippen LogP contribution in [0, 0.1) is 6.92 Å². The van der Waals surface area contributed by atoms with Crippen molar-refractivity contribution >= 4 is 27.4 Å². The monoisotopic (exact) mass is 552 g/mol. The van der Waals surface area contributed by atoms with Gasteiger partial charge in [0.1, 0.15) is 23.8 Å². The summed E-state index contributed by atoms with van der Waals surface area (Å²) < 4.78 is 43.8. The van der Waals surface area contributed by atoms with Crippen LogP contribution in [-0.2, 0) is 22.2 Å². The maximum Gasteiger partial charge on any atom is 0.335 e. The molecule has 38 heavy (non-hydrogen) atoms. The first-order valence-corrected chi connectivity index (χ1v) is 13.9. The Morgan fingerprint density at radius 3 is 2.71 bits per heavy atom. The Bertz CT molecular complexity index is 1690. The smallest absolute Gasteiger partial charge is 0.335 e. The highest BCUT2D eigenvalue weighted by Gasteiger charge is 2.34. The van der Waals surface area contributed by atoms with Crippen molar-refractivity contribution < 1.29 is 32.3 Å². The Kier molecular flexibility index (Phi) is 5.88. The molecule has 2 aromatic heterocycles. The Morgan fingerprint density at radius 2 is 1.97 bits per heavy atom. The Balaban J connectivity index is 1.33. The van der Waals surface area contributed by atoms with E-state index >= 15 is 0 Å². The van der Waals surface area contributed by atoms with E-state index in [4.69, 9.17) is 25.6 Å². The highest BCUT2D eigenvalue weighted by atomic mass is 35.5. The first-order chi connectivity index (χ1) is 18.2. The van der Waals surface area contributed by atoms with Crippen LogP contribution in [-0.4, -0.2) is 29.6 Å². The molecule has 3 heterocycles. The van der Waals surface area contributed by atoms with Crippen LogP contribution in [0.1, 0.15) is 51.6 Å². The number of hydrogen-bond donors (Lipinski definition) is 1. The average molecular weight is 553 g/mol. The molecule has 0 saturated heterocycles. The van der Waals surface area contributed by atoms with Gasteiger partial charge in [-0.1, -0.05) is 35.0 Å². The summed E-state index contributed by atoms with van der Waals surface area (Å²) in [5.74, 6) is -0.320. The Labute approximate surface area is 222 Å². The molecule has 2 aromatic carbocycles. The van der Waals surface area contributed by atoms with Crippen LogP contribution >= 0.6 is 11.6 Å². The third-order valence-corrected chi connectivity index (χ3v) is 8.45. The molecule has 0 unspecified atom stereocenters. The van der Waals surface area contributed by atoms with Gasteiger partial charge in [0.2, 0.25) is 20.7 Å². The molecule has 0 atom stereocenters. The second-order valence-corrected chi connectivity index (χ2v) is 11.6. The van der Waals surface area contributed by atoms with Gasteiger partial charge in [-0.25, -0.2) is 13.2 Å². The van der Waals surface area contributed by atoms with Gasteiger partial charge in [0.05, 0.1) is 21.9 Å². The van der Waals surface area contributed by atoms with Crippen LogP contribution in [0.3, 0.4) is 0 Å². The molecule has 0 amide bonds. The van der Waals surface area contributed by atoms with E-state index in [-0.39, 0.29) is 46.2 Å². The molecule has 6 rings (SSSR count). The summed E-state index contributed by atoms with van der Waals surface area (Å²) in [7, 11) is -3.91. The summed E-state index contributed by atoms with van der Waals surface area (Å²) in [6.45, 7) is 1.98. The summed E-state index contributed by atoms with van der Waals surface area (Å²) >= 11 is 6.50. The SMILES string of the molecule is Cc1cccc(Cl)c1-c1noc(C2CC2)c1COc1ccc2c(n1)S(=O)(=O)Cc1ccc(C(=O)O)cc1O2. The molecule has 0 spiro atoms. The number of fused-ring (bicyclic) bond motifs is 2. The Morgan fingerprint density at radius 1 is 1.16 bits per heavy atom. The summed E-state index contributed by atoms with van der Waals surface area (Å²) in [6, 6.07) is 12.6. The van der Waals surface area contributed by atoms with Gasteiger partial charge in [-0.15, -0.1) is 0 Å². The third kappa shape index (κ3) is 4.39. The fourth-order valence-corrected chi connectivity index (χ4v) is 6.23. The van der Waals surface area contributed by atoms with Crippen LogP contribution in [0.25, 0.3) is 11.3 Å². The van der Waals surface area contributed by atoms with Crippen molar-refractivity contribution in [3.05, 3.63) is 81.6 Å². The molecule has 0 bridgehead atoms. The highest BCUT2D eigenvalue weighted by Crippen LogP contribution is 2.45. The number of aryl methyl sites for hydroxylation is 1. The lowest BCUT2D eigenvalue weighted by atomic mass is 10.0. The fourth-order valence-electron chi connectivity index (χ4n) is 4.49. The van der Waals surface area contributed by atoms with Gasteiger partial charge >= 0.3 is 5.97 Å². The quantitative estimate of drug-likeness (QED) is 0.309. The van der Waals surface area contributed by atoms with Gasteiger partial charge < -0.3 is 19.1 Å². The fraction of sp³-hybridized carbons (Fsp3) is 0.222. The Hall–Kier alpha value is -3.89. The van der Waals surface area contributed by atoms with Crippen molar-refractivity contribution in [1.29, 1.82) is 0 Å². The van der Waals surface area contributed by atoms with Crippen molar-refractivity contribution in [3.63, 3.8) is 0 Å². The predicted molar refractivity (Wildman–Crippen MR) is 137 cm³/mol. The van der Waals surface area contributed by atoms with Gasteiger partial charge in [0, 0.05) is 23.1 Å². The van der Waals surface area contributed by atoms with Crippen molar-refractivity contribution in [1.82, 2.24) is 10.1 Å². The summed E-state index contributed by atoms with van der Waals surface area (Å²) in [4.78, 5) is 15.6. The second kappa shape index (κ2) is 9.14. The summed E-state index contributed by atoms with van der Waals surface area (Å²) in [5, 5.41) is 13.9. The lowest BCUT2D eigenvalue weighted by Gasteiger charge is -2.11. The number of halogens is 1. The number of rotatable bonds is 6.